The van der Waals surface area contributed by atoms with Crippen molar-refractivity contribution in [1.29, 1.82) is 0 Å². The molecule has 3 nitrogen and oxygen atoms in total. The standard InChI is InChI=1S/C53H45NO2/c1-34-9-5-7-13-49(34)55-52-33-45(24-26-48(52)53-41-28-35-27-36(30-41)31-42(53)29-35)54(43-20-15-38(16-21-43)37-10-3-2-4-11-37)44-22-17-39(18-23-44)40-19-25-47-46-12-6-8-14-50(46)56-51(47)32-40/h2-26,32-33,35-36,41-42,53H,27-31H2,1H3/t35-,36+,41+,42-,53?. The minimum atomic E-state index is 0.554. The summed E-state index contributed by atoms with van der Waals surface area (Å²) in [5, 5.41) is 2.30. The average molecular weight is 728 g/mol. The molecule has 12 rings (SSSR count). The fourth-order valence-corrected chi connectivity index (χ4v) is 10.8. The molecule has 0 aliphatic heterocycles. The zero-order chi connectivity index (χ0) is 37.2. The van der Waals surface area contributed by atoms with Crippen LogP contribution >= 0.6 is 0 Å². The van der Waals surface area contributed by atoms with Crippen molar-refractivity contribution in [2.45, 2.75) is 44.9 Å². The smallest absolute Gasteiger partial charge is 0.136 e. The van der Waals surface area contributed by atoms with Crippen LogP contribution in [-0.2, 0) is 0 Å². The number of aryl methyl sites for hydroxylation is 1. The van der Waals surface area contributed by atoms with Gasteiger partial charge in [-0.1, -0.05) is 103 Å². The Kier molecular flexibility index (Phi) is 8.09. The third kappa shape index (κ3) is 5.89. The normalized spacial score (nSPS) is 21.1. The third-order valence-corrected chi connectivity index (χ3v) is 13.2. The van der Waals surface area contributed by atoms with E-state index in [2.05, 4.69) is 163 Å². The maximum atomic E-state index is 7.03. The fraction of sp³-hybridized carbons (Fsp3) is 0.208. The highest BCUT2D eigenvalue weighted by Crippen LogP contribution is 2.61. The van der Waals surface area contributed by atoms with E-state index in [0.29, 0.717) is 5.92 Å². The summed E-state index contributed by atoms with van der Waals surface area (Å²) in [6.45, 7) is 2.15. The Labute approximate surface area is 329 Å². The van der Waals surface area contributed by atoms with Crippen LogP contribution in [0.15, 0.2) is 168 Å². The maximum Gasteiger partial charge on any atom is 0.136 e. The van der Waals surface area contributed by atoms with Gasteiger partial charge >= 0.3 is 0 Å². The highest BCUT2D eigenvalue weighted by Gasteiger charge is 2.49. The van der Waals surface area contributed by atoms with Crippen molar-refractivity contribution < 1.29 is 9.15 Å². The Morgan fingerprint density at radius 3 is 1.75 bits per heavy atom. The summed E-state index contributed by atoms with van der Waals surface area (Å²) in [4.78, 5) is 2.38. The number of hydrogen-bond donors (Lipinski definition) is 0. The fourth-order valence-electron chi connectivity index (χ4n) is 10.8. The molecule has 0 radical (unpaired) electrons. The zero-order valence-corrected chi connectivity index (χ0v) is 31.8. The molecule has 0 atom stereocenters. The number of para-hydroxylation sites is 2. The van der Waals surface area contributed by atoms with E-state index in [9.17, 15) is 0 Å². The van der Waals surface area contributed by atoms with Crippen molar-refractivity contribution >= 4 is 39.0 Å². The minimum Gasteiger partial charge on any atom is -0.457 e. The predicted molar refractivity (Wildman–Crippen MR) is 230 cm³/mol. The SMILES string of the molecule is Cc1ccccc1Oc1cc(N(c2ccc(-c3ccccc3)cc2)c2ccc(-c3ccc4c(c3)oc3ccccc34)cc2)ccc1C1[C@H]2C[C@H]3C[C@H](C[C@H]1C3)C2. The van der Waals surface area contributed by atoms with Crippen molar-refractivity contribution in [3.05, 3.63) is 175 Å². The second-order valence-electron chi connectivity index (χ2n) is 16.7. The molecule has 7 aromatic carbocycles. The van der Waals surface area contributed by atoms with Crippen LogP contribution in [0.3, 0.4) is 0 Å². The average Bonchev–Trinajstić information content (AvgIpc) is 3.61. The lowest BCUT2D eigenvalue weighted by Gasteiger charge is -2.54. The molecule has 56 heavy (non-hydrogen) atoms. The van der Waals surface area contributed by atoms with Gasteiger partial charge in [0.2, 0.25) is 0 Å². The first-order valence-electron chi connectivity index (χ1n) is 20.5. The summed E-state index contributed by atoms with van der Waals surface area (Å²) in [6.07, 6.45) is 6.95. The van der Waals surface area contributed by atoms with Gasteiger partial charge in [0.1, 0.15) is 22.7 Å². The molecular weight excluding hydrogens is 683 g/mol. The van der Waals surface area contributed by atoms with Crippen LogP contribution in [0, 0.1) is 30.6 Å². The van der Waals surface area contributed by atoms with Gasteiger partial charge in [-0.05, 0) is 157 Å². The molecule has 0 saturated heterocycles. The largest absolute Gasteiger partial charge is 0.457 e. The number of hydrogen-bond acceptors (Lipinski definition) is 3. The summed E-state index contributed by atoms with van der Waals surface area (Å²) in [6, 6.07) is 58.9. The molecule has 4 aliphatic carbocycles. The van der Waals surface area contributed by atoms with Crippen LogP contribution in [0.25, 0.3) is 44.2 Å². The zero-order valence-electron chi connectivity index (χ0n) is 31.8. The van der Waals surface area contributed by atoms with E-state index >= 15 is 0 Å². The first-order chi connectivity index (χ1) is 27.6. The molecule has 0 amide bonds. The molecule has 3 heteroatoms. The Hall–Kier alpha value is -6.06. The molecule has 0 unspecified atom stereocenters. The third-order valence-electron chi connectivity index (χ3n) is 13.2. The van der Waals surface area contributed by atoms with Gasteiger partial charge in [-0.2, -0.15) is 0 Å². The van der Waals surface area contributed by atoms with Gasteiger partial charge in [0.15, 0.2) is 0 Å². The van der Waals surface area contributed by atoms with E-state index in [1.807, 2.05) is 12.1 Å². The highest BCUT2D eigenvalue weighted by atomic mass is 16.5. The molecule has 4 fully saturated rings. The number of ether oxygens (including phenoxy) is 1. The first kappa shape index (κ1) is 33.3. The van der Waals surface area contributed by atoms with Crippen LogP contribution in [-0.4, -0.2) is 0 Å². The van der Waals surface area contributed by atoms with Gasteiger partial charge in [0.25, 0.3) is 0 Å². The number of furan rings is 1. The van der Waals surface area contributed by atoms with Crippen molar-refractivity contribution in [2.24, 2.45) is 23.7 Å². The minimum absolute atomic E-state index is 0.554. The summed E-state index contributed by atoms with van der Waals surface area (Å²) < 4.78 is 13.3. The lowest BCUT2D eigenvalue weighted by molar-refractivity contribution is -0.00335. The monoisotopic (exact) mass is 727 g/mol. The summed E-state index contributed by atoms with van der Waals surface area (Å²) in [5.74, 6) is 5.83. The molecular formula is C53H45NO2. The number of benzene rings is 7. The van der Waals surface area contributed by atoms with Crippen molar-refractivity contribution in [3.63, 3.8) is 0 Å². The summed E-state index contributed by atoms with van der Waals surface area (Å²) >= 11 is 0. The number of nitrogens with zero attached hydrogens (tertiary/aromatic N) is 1. The quantitative estimate of drug-likeness (QED) is 0.156. The topological polar surface area (TPSA) is 25.6 Å². The van der Waals surface area contributed by atoms with E-state index in [-0.39, 0.29) is 0 Å². The molecule has 4 bridgehead atoms. The molecule has 274 valence electrons. The van der Waals surface area contributed by atoms with Crippen LogP contribution in [0.4, 0.5) is 17.1 Å². The van der Waals surface area contributed by atoms with Gasteiger partial charge in [-0.15, -0.1) is 0 Å². The summed E-state index contributed by atoms with van der Waals surface area (Å²) in [7, 11) is 0. The van der Waals surface area contributed by atoms with E-state index in [0.717, 1.165) is 90.9 Å². The van der Waals surface area contributed by atoms with Gasteiger partial charge in [-0.3, -0.25) is 0 Å². The van der Waals surface area contributed by atoms with Gasteiger partial charge < -0.3 is 14.1 Å². The molecule has 1 aromatic heterocycles. The molecule has 0 N–H and O–H groups in total. The van der Waals surface area contributed by atoms with Crippen LogP contribution in [0.5, 0.6) is 11.5 Å². The lowest BCUT2D eigenvalue weighted by Crippen LogP contribution is -2.43. The van der Waals surface area contributed by atoms with E-state index < -0.39 is 0 Å². The van der Waals surface area contributed by atoms with Gasteiger partial charge in [0.05, 0.1) is 0 Å². The van der Waals surface area contributed by atoms with E-state index in [4.69, 9.17) is 9.15 Å². The predicted octanol–water partition coefficient (Wildman–Crippen LogP) is 15.0. The van der Waals surface area contributed by atoms with Crippen molar-refractivity contribution in [2.75, 3.05) is 4.90 Å². The van der Waals surface area contributed by atoms with E-state index in [1.54, 1.807) is 0 Å². The highest BCUT2D eigenvalue weighted by molar-refractivity contribution is 6.05. The van der Waals surface area contributed by atoms with E-state index in [1.165, 1.54) is 48.8 Å². The Bertz CT molecular complexity index is 2660. The van der Waals surface area contributed by atoms with Crippen LogP contribution in [0.1, 0.15) is 49.1 Å². The number of anilines is 3. The Balaban J connectivity index is 1.01. The summed E-state index contributed by atoms with van der Waals surface area (Å²) in [5.41, 5.74) is 12.4. The molecule has 0 spiro atoms. The van der Waals surface area contributed by atoms with Gasteiger partial charge in [-0.25, -0.2) is 0 Å². The number of rotatable bonds is 8. The number of fused-ring (bicyclic) bond motifs is 3. The van der Waals surface area contributed by atoms with Gasteiger partial charge in [0, 0.05) is 33.9 Å². The van der Waals surface area contributed by atoms with Crippen molar-refractivity contribution in [3.8, 4) is 33.8 Å². The maximum absolute atomic E-state index is 7.03. The van der Waals surface area contributed by atoms with Crippen molar-refractivity contribution in [1.82, 2.24) is 0 Å². The molecule has 4 saturated carbocycles. The van der Waals surface area contributed by atoms with Crippen LogP contribution < -0.4 is 9.64 Å². The lowest BCUT2D eigenvalue weighted by atomic mass is 9.50. The first-order valence-corrected chi connectivity index (χ1v) is 20.5. The Morgan fingerprint density at radius 2 is 1.04 bits per heavy atom. The Morgan fingerprint density at radius 1 is 0.464 bits per heavy atom. The molecule has 8 aromatic rings. The second kappa shape index (κ2) is 13.6. The van der Waals surface area contributed by atoms with Crippen LogP contribution in [0.2, 0.25) is 0 Å². The molecule has 1 heterocycles. The molecule has 4 aliphatic rings. The second-order valence-corrected chi connectivity index (χ2v) is 16.7.